The Kier molecular flexibility index (Phi) is 12.2. The van der Waals surface area contributed by atoms with Crippen molar-refractivity contribution in [3.05, 3.63) is 72.2 Å². The molecule has 246 valence electrons. The maximum atomic E-state index is 14.9. The fraction of sp³-hybridized carbons (Fsp3) is 0.471. The largest absolute Gasteiger partial charge is 0.379 e. The van der Waals surface area contributed by atoms with E-state index >= 15 is 0 Å². The molecule has 1 aliphatic carbocycles. The monoisotopic (exact) mass is 635 g/mol. The van der Waals surface area contributed by atoms with Gasteiger partial charge < -0.3 is 30.0 Å². The van der Waals surface area contributed by atoms with E-state index in [1.54, 1.807) is 6.20 Å². The number of unbranched alkanes of at least 4 members (excludes halogenated alkanes) is 2. The molecule has 4 aromatic rings. The van der Waals surface area contributed by atoms with E-state index in [2.05, 4.69) is 30.6 Å². The minimum atomic E-state index is -0.576. The van der Waals surface area contributed by atoms with Gasteiger partial charge in [-0.25, -0.2) is 28.5 Å². The number of anilines is 1. The van der Waals surface area contributed by atoms with Crippen molar-refractivity contribution < 1.29 is 23.0 Å². The van der Waals surface area contributed by atoms with Gasteiger partial charge in [-0.1, -0.05) is 30.3 Å². The van der Waals surface area contributed by atoms with Crippen LogP contribution in [0.25, 0.3) is 22.4 Å². The van der Waals surface area contributed by atoms with Crippen molar-refractivity contribution in [1.82, 2.24) is 30.2 Å². The number of nitrogens with zero attached hydrogens (tertiary/aromatic N) is 4. The normalized spacial score (nSPS) is 16.4. The number of hydrogen-bond acceptors (Lipinski definition) is 7. The van der Waals surface area contributed by atoms with E-state index in [4.69, 9.17) is 9.47 Å². The fourth-order valence-electron chi connectivity index (χ4n) is 5.78. The van der Waals surface area contributed by atoms with Gasteiger partial charge in [0.2, 0.25) is 0 Å². The number of nitrogens with one attached hydrogen (secondary N) is 3. The molecule has 2 atom stereocenters. The lowest BCUT2D eigenvalue weighted by atomic mass is 9.91. The molecule has 1 aliphatic rings. The number of benzene rings is 1. The maximum Gasteiger partial charge on any atom is 0.317 e. The molecule has 1 saturated carbocycles. The van der Waals surface area contributed by atoms with Gasteiger partial charge in [-0.15, -0.1) is 0 Å². The maximum absolute atomic E-state index is 14.9. The first-order valence-corrected chi connectivity index (χ1v) is 16.2. The summed E-state index contributed by atoms with van der Waals surface area (Å²) in [5.41, 5.74) is 2.10. The predicted molar refractivity (Wildman–Crippen MR) is 173 cm³/mol. The van der Waals surface area contributed by atoms with Gasteiger partial charge in [0.15, 0.2) is 17.5 Å². The van der Waals surface area contributed by atoms with Gasteiger partial charge in [-0.3, -0.25) is 0 Å². The molecule has 10 nitrogen and oxygen atoms in total. The number of carbonyl (C=O) groups excluding carboxylic acids is 1. The zero-order valence-corrected chi connectivity index (χ0v) is 26.3. The standard InChI is InChI=1S/C34H43F2N7O3/c1-2-45-16-17-46-15-8-4-7-14-43(23-24-10-5-3-6-11-24)34(44)41-27-13-9-12-26(19-27)40-33-30(36)22-39-32(42-33)29-21-38-31-28(29)18-25(35)20-37-31/h3,5-6,10-11,18,20-22,26-27H,2,4,7-9,12-17,19,23H2,1H3,(H,37,38)(H,41,44)(H,39,40,42)/t26-,27+/m0/s1. The Morgan fingerprint density at radius 2 is 1.85 bits per heavy atom. The minimum Gasteiger partial charge on any atom is -0.379 e. The van der Waals surface area contributed by atoms with Crippen LogP contribution in [0.3, 0.4) is 0 Å². The summed E-state index contributed by atoms with van der Waals surface area (Å²) in [7, 11) is 0. The second-order valence-electron chi connectivity index (χ2n) is 11.6. The van der Waals surface area contributed by atoms with Gasteiger partial charge in [0.05, 0.1) is 25.6 Å². The summed E-state index contributed by atoms with van der Waals surface area (Å²) in [6.45, 7) is 5.70. The van der Waals surface area contributed by atoms with Crippen LogP contribution in [0.4, 0.5) is 19.4 Å². The summed E-state index contributed by atoms with van der Waals surface area (Å²) in [6.07, 6.45) is 9.80. The number of aromatic amines is 1. The van der Waals surface area contributed by atoms with E-state index in [0.717, 1.165) is 56.5 Å². The Balaban J connectivity index is 1.16. The van der Waals surface area contributed by atoms with Crippen LogP contribution < -0.4 is 10.6 Å². The molecule has 3 heterocycles. The highest BCUT2D eigenvalue weighted by Gasteiger charge is 2.26. The van der Waals surface area contributed by atoms with Gasteiger partial charge >= 0.3 is 6.03 Å². The number of pyridine rings is 1. The van der Waals surface area contributed by atoms with Crippen LogP contribution in [-0.2, 0) is 16.0 Å². The first-order valence-electron chi connectivity index (χ1n) is 16.2. The van der Waals surface area contributed by atoms with Crippen LogP contribution in [0.2, 0.25) is 0 Å². The van der Waals surface area contributed by atoms with Gasteiger partial charge in [0.1, 0.15) is 11.5 Å². The molecule has 0 aliphatic heterocycles. The van der Waals surface area contributed by atoms with E-state index in [0.29, 0.717) is 62.5 Å². The number of carbonyl (C=O) groups is 1. The molecule has 46 heavy (non-hydrogen) atoms. The Labute approximate surface area is 268 Å². The first kappa shape index (κ1) is 33.2. The number of halogens is 2. The summed E-state index contributed by atoms with van der Waals surface area (Å²) >= 11 is 0. The molecular formula is C34H43F2N7O3. The lowest BCUT2D eigenvalue weighted by Gasteiger charge is -2.33. The van der Waals surface area contributed by atoms with Crippen molar-refractivity contribution in [2.24, 2.45) is 0 Å². The number of aromatic nitrogens is 4. The van der Waals surface area contributed by atoms with Crippen molar-refractivity contribution in [2.45, 2.75) is 70.5 Å². The SMILES string of the molecule is CCOCCOCCCCCN(Cc1ccccc1)C(=O)N[C@@H]1CCC[C@H](Nc2nc(-c3c[nH]c4ncc(F)cc34)ncc2F)C1. The zero-order chi connectivity index (χ0) is 32.1. The summed E-state index contributed by atoms with van der Waals surface area (Å²) in [6, 6.07) is 11.1. The van der Waals surface area contributed by atoms with Crippen LogP contribution in [0, 0.1) is 11.6 Å². The number of rotatable bonds is 16. The van der Waals surface area contributed by atoms with E-state index in [9.17, 15) is 13.6 Å². The summed E-state index contributed by atoms with van der Waals surface area (Å²) < 4.78 is 39.7. The fourth-order valence-corrected chi connectivity index (χ4v) is 5.78. The van der Waals surface area contributed by atoms with Crippen LogP contribution in [-0.4, -0.2) is 75.9 Å². The molecule has 1 aromatic carbocycles. The molecule has 5 rings (SSSR count). The Morgan fingerprint density at radius 3 is 2.70 bits per heavy atom. The third-order valence-corrected chi connectivity index (χ3v) is 8.12. The zero-order valence-electron chi connectivity index (χ0n) is 26.3. The number of ether oxygens (including phenoxy) is 2. The van der Waals surface area contributed by atoms with Crippen molar-refractivity contribution in [1.29, 1.82) is 0 Å². The van der Waals surface area contributed by atoms with Gasteiger partial charge in [0, 0.05) is 55.5 Å². The molecule has 0 bridgehead atoms. The summed E-state index contributed by atoms with van der Waals surface area (Å²) in [5, 5.41) is 7.00. The third-order valence-electron chi connectivity index (χ3n) is 8.12. The average Bonchev–Trinajstić information content (AvgIpc) is 3.48. The highest BCUT2D eigenvalue weighted by molar-refractivity contribution is 5.91. The molecule has 0 saturated heterocycles. The summed E-state index contributed by atoms with van der Waals surface area (Å²) in [4.78, 5) is 31.0. The molecule has 2 amide bonds. The van der Waals surface area contributed by atoms with Gasteiger partial charge in [-0.2, -0.15) is 0 Å². The number of H-pyrrole nitrogens is 1. The molecule has 0 spiro atoms. The van der Waals surface area contributed by atoms with Gasteiger partial charge in [-0.05, 0) is 63.5 Å². The second-order valence-corrected chi connectivity index (χ2v) is 11.6. The van der Waals surface area contributed by atoms with Crippen LogP contribution in [0.5, 0.6) is 0 Å². The number of urea groups is 1. The molecule has 12 heteroatoms. The molecule has 1 fully saturated rings. The smallest absolute Gasteiger partial charge is 0.317 e. The predicted octanol–water partition coefficient (Wildman–Crippen LogP) is 6.46. The van der Waals surface area contributed by atoms with E-state index in [1.165, 1.54) is 6.07 Å². The Bertz CT molecular complexity index is 1540. The molecule has 0 unspecified atom stereocenters. The molecule has 0 radical (unpaired) electrons. The van der Waals surface area contributed by atoms with Crippen molar-refractivity contribution in [3.8, 4) is 11.4 Å². The van der Waals surface area contributed by atoms with Crippen molar-refractivity contribution >= 4 is 22.9 Å². The van der Waals surface area contributed by atoms with E-state index in [1.807, 2.05) is 42.2 Å². The minimum absolute atomic E-state index is 0.0669. The summed E-state index contributed by atoms with van der Waals surface area (Å²) in [5.74, 6) is -0.719. The second kappa shape index (κ2) is 17.0. The average molecular weight is 636 g/mol. The highest BCUT2D eigenvalue weighted by Crippen LogP contribution is 2.28. The lowest BCUT2D eigenvalue weighted by Crippen LogP contribution is -2.48. The van der Waals surface area contributed by atoms with Crippen LogP contribution in [0.1, 0.15) is 57.4 Å². The van der Waals surface area contributed by atoms with Gasteiger partial charge in [0.25, 0.3) is 0 Å². The lowest BCUT2D eigenvalue weighted by molar-refractivity contribution is 0.0511. The number of fused-ring (bicyclic) bond motifs is 1. The quantitative estimate of drug-likeness (QED) is 0.121. The molecular weight excluding hydrogens is 592 g/mol. The topological polar surface area (TPSA) is 117 Å². The van der Waals surface area contributed by atoms with Crippen molar-refractivity contribution in [2.75, 3.05) is 38.3 Å². The first-order chi connectivity index (χ1) is 22.5. The molecule has 3 aromatic heterocycles. The van der Waals surface area contributed by atoms with Crippen LogP contribution >= 0.6 is 0 Å². The molecule has 3 N–H and O–H groups in total. The Morgan fingerprint density at radius 1 is 1.02 bits per heavy atom. The Hall–Kier alpha value is -4.16. The van der Waals surface area contributed by atoms with E-state index < -0.39 is 11.6 Å². The van der Waals surface area contributed by atoms with Crippen LogP contribution in [0.15, 0.2) is 55.0 Å². The van der Waals surface area contributed by atoms with E-state index in [-0.39, 0.29) is 29.8 Å². The van der Waals surface area contributed by atoms with Crippen molar-refractivity contribution in [3.63, 3.8) is 0 Å². The highest BCUT2D eigenvalue weighted by atomic mass is 19.1. The number of amides is 2. The number of hydrogen-bond donors (Lipinski definition) is 3. The third kappa shape index (κ3) is 9.43.